The monoisotopic (exact) mass is 149 g/mol. The van der Waals surface area contributed by atoms with Gasteiger partial charge in [0.05, 0.1) is 0 Å². The summed E-state index contributed by atoms with van der Waals surface area (Å²) in [4.78, 5) is 10.4. The molecule has 11 heavy (non-hydrogen) atoms. The van der Waals surface area contributed by atoms with Crippen LogP contribution in [0.3, 0.4) is 0 Å². The topological polar surface area (TPSA) is 90.7 Å². The lowest BCUT2D eigenvalue weighted by molar-refractivity contribution is 0.100. The SMILES string of the molecule is N#N.NC(=O)c1ccccc1. The molecule has 0 saturated carbocycles. The summed E-state index contributed by atoms with van der Waals surface area (Å²) >= 11 is 0. The van der Waals surface area contributed by atoms with Gasteiger partial charge in [0.25, 0.3) is 0 Å². The number of hydrogen-bond donors (Lipinski definition) is 1. The molecule has 2 N–H and O–H groups in total. The summed E-state index contributed by atoms with van der Waals surface area (Å²) in [5.74, 6) is -0.379. The molecule has 4 heteroatoms. The molecule has 0 unspecified atom stereocenters. The number of amides is 1. The maximum absolute atomic E-state index is 10.4. The molecule has 1 amide bonds. The van der Waals surface area contributed by atoms with Crippen LogP contribution in [0.25, 0.3) is 0 Å². The zero-order chi connectivity index (χ0) is 8.69. The van der Waals surface area contributed by atoms with Crippen LogP contribution in [0.5, 0.6) is 0 Å². The molecule has 0 bridgehead atoms. The molecule has 0 radical (unpaired) electrons. The first-order valence-electron chi connectivity index (χ1n) is 2.85. The summed E-state index contributed by atoms with van der Waals surface area (Å²) in [7, 11) is 0. The van der Waals surface area contributed by atoms with Gasteiger partial charge in [0.1, 0.15) is 0 Å². The minimum absolute atomic E-state index is 0.379. The van der Waals surface area contributed by atoms with Crippen LogP contribution in [0.1, 0.15) is 10.4 Å². The zero-order valence-corrected chi connectivity index (χ0v) is 5.77. The summed E-state index contributed by atoms with van der Waals surface area (Å²) in [5.41, 5.74) is 5.53. The van der Waals surface area contributed by atoms with Crippen LogP contribution in [0.2, 0.25) is 0 Å². The molecular weight excluding hydrogens is 142 g/mol. The molecule has 0 atom stereocenters. The lowest BCUT2D eigenvalue weighted by atomic mass is 10.2. The third-order valence-electron chi connectivity index (χ3n) is 1.06. The van der Waals surface area contributed by atoms with Gasteiger partial charge in [-0.1, -0.05) is 18.2 Å². The van der Waals surface area contributed by atoms with Crippen molar-refractivity contribution < 1.29 is 4.79 Å². The van der Waals surface area contributed by atoms with Crippen LogP contribution in [0.4, 0.5) is 0 Å². The second-order valence-corrected chi connectivity index (χ2v) is 1.73. The van der Waals surface area contributed by atoms with Crippen molar-refractivity contribution in [2.75, 3.05) is 0 Å². The third-order valence-corrected chi connectivity index (χ3v) is 1.06. The largest absolute Gasteiger partial charge is 0.366 e. The van der Waals surface area contributed by atoms with E-state index >= 15 is 0 Å². The highest BCUT2D eigenvalue weighted by Gasteiger charge is 1.93. The first-order chi connectivity index (χ1) is 5.30. The molecule has 0 aromatic heterocycles. The van der Waals surface area contributed by atoms with Gasteiger partial charge in [0.15, 0.2) is 0 Å². The summed E-state index contributed by atoms with van der Waals surface area (Å²) < 4.78 is 0. The molecule has 1 aromatic carbocycles. The number of hydrogen-bond acceptors (Lipinski definition) is 3. The fourth-order valence-electron chi connectivity index (χ4n) is 0.602. The van der Waals surface area contributed by atoms with Gasteiger partial charge in [-0.3, -0.25) is 4.79 Å². The molecule has 0 aliphatic carbocycles. The van der Waals surface area contributed by atoms with Crippen molar-refractivity contribution in [1.29, 1.82) is 10.8 Å². The number of carbonyl (C=O) groups excluding carboxylic acids is 1. The second-order valence-electron chi connectivity index (χ2n) is 1.73. The quantitative estimate of drug-likeness (QED) is 0.599. The number of nitrogens with zero attached hydrogens (tertiary/aromatic N) is 2. The van der Waals surface area contributed by atoms with E-state index in [1.165, 1.54) is 0 Å². The van der Waals surface area contributed by atoms with Crippen molar-refractivity contribution in [3.63, 3.8) is 0 Å². The molecule has 0 fully saturated rings. The molecule has 4 nitrogen and oxygen atoms in total. The van der Waals surface area contributed by atoms with E-state index in [1.807, 2.05) is 6.07 Å². The van der Waals surface area contributed by atoms with Gasteiger partial charge >= 0.3 is 0 Å². The number of benzene rings is 1. The summed E-state index contributed by atoms with van der Waals surface area (Å²) in [5, 5.41) is 12.0. The normalized spacial score (nSPS) is 7.45. The van der Waals surface area contributed by atoms with Gasteiger partial charge in [-0.05, 0) is 12.1 Å². The van der Waals surface area contributed by atoms with Crippen molar-refractivity contribution in [3.8, 4) is 0 Å². The molecule has 56 valence electrons. The van der Waals surface area contributed by atoms with E-state index in [-0.39, 0.29) is 5.91 Å². The minimum Gasteiger partial charge on any atom is -0.366 e. The van der Waals surface area contributed by atoms with Crippen LogP contribution in [-0.2, 0) is 0 Å². The highest BCUT2D eigenvalue weighted by Crippen LogP contribution is 1.94. The number of nitrogens with two attached hydrogens (primary N) is 1. The van der Waals surface area contributed by atoms with Crippen molar-refractivity contribution in [3.05, 3.63) is 35.9 Å². The molecule has 0 aliphatic rings. The smallest absolute Gasteiger partial charge is 0.248 e. The van der Waals surface area contributed by atoms with Crippen LogP contribution in [0.15, 0.2) is 30.3 Å². The Morgan fingerprint density at radius 3 is 1.91 bits per heavy atom. The average Bonchev–Trinajstić information content (AvgIpc) is 2.10. The number of carbonyl (C=O) groups is 1. The van der Waals surface area contributed by atoms with E-state index in [0.717, 1.165) is 0 Å². The van der Waals surface area contributed by atoms with Crippen LogP contribution in [0, 0.1) is 10.8 Å². The van der Waals surface area contributed by atoms with E-state index in [0.29, 0.717) is 5.56 Å². The minimum atomic E-state index is -0.379. The molecular formula is C7H7N3O. The van der Waals surface area contributed by atoms with E-state index in [1.54, 1.807) is 24.3 Å². The van der Waals surface area contributed by atoms with Crippen molar-refractivity contribution in [2.45, 2.75) is 0 Å². The van der Waals surface area contributed by atoms with Crippen LogP contribution < -0.4 is 5.73 Å². The van der Waals surface area contributed by atoms with E-state index < -0.39 is 0 Å². The fraction of sp³-hybridized carbons (Fsp3) is 0. The molecule has 0 saturated heterocycles. The predicted octanol–water partition coefficient (Wildman–Crippen LogP) is 0.816. The highest BCUT2D eigenvalue weighted by atomic mass is 16.1. The maximum Gasteiger partial charge on any atom is 0.248 e. The second kappa shape index (κ2) is 4.94. The maximum atomic E-state index is 10.4. The van der Waals surface area contributed by atoms with E-state index in [4.69, 9.17) is 16.5 Å². The summed E-state index contributed by atoms with van der Waals surface area (Å²) in [6.45, 7) is 0. The Balaban J connectivity index is 0.000000461. The summed E-state index contributed by atoms with van der Waals surface area (Å²) in [6, 6.07) is 8.76. The van der Waals surface area contributed by atoms with Crippen molar-refractivity contribution >= 4 is 5.91 Å². The van der Waals surface area contributed by atoms with Gasteiger partial charge in [0, 0.05) is 16.3 Å². The van der Waals surface area contributed by atoms with Crippen molar-refractivity contribution in [2.24, 2.45) is 5.73 Å². The fourth-order valence-corrected chi connectivity index (χ4v) is 0.602. The first-order valence-corrected chi connectivity index (χ1v) is 2.85. The lowest BCUT2D eigenvalue weighted by Gasteiger charge is -1.89. The number of primary amides is 1. The predicted molar refractivity (Wildman–Crippen MR) is 38.4 cm³/mol. The molecule has 1 aromatic rings. The standard InChI is InChI=1S/C7H7NO.N2/c8-7(9)6-4-2-1-3-5-6;1-2/h1-5H,(H2,8,9);. The molecule has 0 spiro atoms. The summed E-state index contributed by atoms with van der Waals surface area (Å²) in [6.07, 6.45) is 0. The van der Waals surface area contributed by atoms with Crippen molar-refractivity contribution in [1.82, 2.24) is 0 Å². The Kier molecular flexibility index (Phi) is 4.09. The van der Waals surface area contributed by atoms with Crippen LogP contribution in [-0.4, -0.2) is 5.91 Å². The Hall–Kier alpha value is -1.89. The first kappa shape index (κ1) is 9.11. The Labute approximate surface area is 64.1 Å². The molecule has 0 heterocycles. The third kappa shape index (κ3) is 2.96. The molecule has 1 rings (SSSR count). The lowest BCUT2D eigenvalue weighted by Crippen LogP contribution is -2.09. The average molecular weight is 149 g/mol. The van der Waals surface area contributed by atoms with Gasteiger partial charge in [-0.2, -0.15) is 0 Å². The zero-order valence-electron chi connectivity index (χ0n) is 5.77. The van der Waals surface area contributed by atoms with Gasteiger partial charge < -0.3 is 5.73 Å². The molecule has 0 aliphatic heterocycles. The van der Waals surface area contributed by atoms with Gasteiger partial charge in [-0.25, -0.2) is 0 Å². The number of rotatable bonds is 1. The van der Waals surface area contributed by atoms with E-state index in [9.17, 15) is 4.79 Å². The van der Waals surface area contributed by atoms with Crippen LogP contribution >= 0.6 is 0 Å². The van der Waals surface area contributed by atoms with Gasteiger partial charge in [0.2, 0.25) is 5.91 Å². The highest BCUT2D eigenvalue weighted by molar-refractivity contribution is 5.92. The van der Waals surface area contributed by atoms with Gasteiger partial charge in [-0.15, -0.1) is 0 Å². The Bertz CT molecular complexity index is 242. The Morgan fingerprint density at radius 2 is 1.64 bits per heavy atom. The van der Waals surface area contributed by atoms with E-state index in [2.05, 4.69) is 0 Å². The Morgan fingerprint density at radius 1 is 1.18 bits per heavy atom.